The number of hydrogen-bond donors (Lipinski definition) is 2. The molecule has 41 heavy (non-hydrogen) atoms. The van der Waals surface area contributed by atoms with Crippen LogP contribution >= 0.6 is 11.6 Å². The van der Waals surface area contributed by atoms with E-state index >= 15 is 0 Å². The van der Waals surface area contributed by atoms with Crippen LogP contribution in [0.5, 0.6) is 11.6 Å². The molecule has 1 saturated heterocycles. The number of anilines is 4. The van der Waals surface area contributed by atoms with Crippen molar-refractivity contribution >= 4 is 40.5 Å². The molecule has 0 atom stereocenters. The fourth-order valence-electron chi connectivity index (χ4n) is 4.85. The van der Waals surface area contributed by atoms with Crippen molar-refractivity contribution in [3.05, 3.63) is 94.6 Å². The maximum absolute atomic E-state index is 13.4. The van der Waals surface area contributed by atoms with Crippen LogP contribution in [-0.4, -0.2) is 53.0 Å². The lowest BCUT2D eigenvalue weighted by Gasteiger charge is -2.38. The van der Waals surface area contributed by atoms with E-state index in [4.69, 9.17) is 16.3 Å². The highest BCUT2D eigenvalue weighted by atomic mass is 35.5. The maximum Gasteiger partial charge on any atom is 0.262 e. The minimum absolute atomic E-state index is 0.133. The summed E-state index contributed by atoms with van der Waals surface area (Å²) in [6.45, 7) is 12.5. The van der Waals surface area contributed by atoms with Gasteiger partial charge in [-0.3, -0.25) is 9.69 Å². The molecule has 212 valence electrons. The number of carbonyl (C=O) groups is 1. The summed E-state index contributed by atoms with van der Waals surface area (Å²) in [5.41, 5.74) is 4.91. The molecule has 1 aliphatic rings. The van der Waals surface area contributed by atoms with Gasteiger partial charge in [0.1, 0.15) is 11.3 Å². The van der Waals surface area contributed by atoms with Gasteiger partial charge in [0.15, 0.2) is 0 Å². The molecule has 2 heterocycles. The van der Waals surface area contributed by atoms with Crippen molar-refractivity contribution in [1.82, 2.24) is 14.9 Å². The Hall–Kier alpha value is -4.14. The minimum atomic E-state index is -0.361. The predicted octanol–water partition coefficient (Wildman–Crippen LogP) is 7.07. The fraction of sp³-hybridized carbons (Fsp3) is 0.281. The first-order valence-electron chi connectivity index (χ1n) is 13.8. The summed E-state index contributed by atoms with van der Waals surface area (Å²) in [6.07, 6.45) is 1.48. The molecule has 2 N–H and O–H groups in total. The molecule has 0 aliphatic carbocycles. The number of carbonyl (C=O) groups excluding carboxylic acids is 1. The van der Waals surface area contributed by atoms with E-state index in [2.05, 4.69) is 56.4 Å². The second-order valence-electron chi connectivity index (χ2n) is 10.5. The minimum Gasteiger partial charge on any atom is -0.438 e. The third-order valence-electron chi connectivity index (χ3n) is 7.28. The van der Waals surface area contributed by atoms with Crippen LogP contribution in [0.4, 0.5) is 23.0 Å². The molecule has 0 saturated carbocycles. The summed E-state index contributed by atoms with van der Waals surface area (Å²) in [6, 6.07) is 21.5. The molecule has 3 aromatic carbocycles. The van der Waals surface area contributed by atoms with E-state index in [9.17, 15) is 4.79 Å². The van der Waals surface area contributed by atoms with Crippen molar-refractivity contribution < 1.29 is 9.53 Å². The smallest absolute Gasteiger partial charge is 0.262 e. The molecule has 1 fully saturated rings. The maximum atomic E-state index is 13.4. The first-order valence-corrected chi connectivity index (χ1v) is 14.2. The number of aromatic nitrogens is 2. The highest BCUT2D eigenvalue weighted by Gasteiger charge is 2.20. The molecule has 1 aliphatic heterocycles. The van der Waals surface area contributed by atoms with Crippen molar-refractivity contribution in [2.75, 3.05) is 41.7 Å². The van der Waals surface area contributed by atoms with Gasteiger partial charge in [0.25, 0.3) is 5.91 Å². The normalized spacial score (nSPS) is 13.8. The number of rotatable bonds is 8. The van der Waals surface area contributed by atoms with Crippen molar-refractivity contribution in [2.24, 2.45) is 0 Å². The average Bonchev–Trinajstić information content (AvgIpc) is 2.97. The van der Waals surface area contributed by atoms with E-state index in [1.54, 1.807) is 24.3 Å². The topological polar surface area (TPSA) is 82.6 Å². The molecule has 0 unspecified atom stereocenters. The van der Waals surface area contributed by atoms with E-state index in [-0.39, 0.29) is 17.4 Å². The number of halogens is 1. The second kappa shape index (κ2) is 12.6. The average molecular weight is 571 g/mol. The van der Waals surface area contributed by atoms with E-state index in [0.717, 1.165) is 48.7 Å². The van der Waals surface area contributed by atoms with Crippen LogP contribution in [0.1, 0.15) is 35.3 Å². The van der Waals surface area contributed by atoms with Crippen LogP contribution in [0.2, 0.25) is 5.02 Å². The van der Waals surface area contributed by atoms with Crippen LogP contribution in [0.15, 0.2) is 72.9 Å². The molecule has 0 bridgehead atoms. The number of piperazine rings is 1. The molecule has 8 nitrogen and oxygen atoms in total. The first-order chi connectivity index (χ1) is 19.8. The van der Waals surface area contributed by atoms with E-state index in [0.29, 0.717) is 22.8 Å². The van der Waals surface area contributed by atoms with Gasteiger partial charge < -0.3 is 20.3 Å². The Balaban J connectivity index is 1.35. The summed E-state index contributed by atoms with van der Waals surface area (Å²) < 4.78 is 6.06. The number of nitrogens with zero attached hydrogens (tertiary/aromatic N) is 4. The number of para-hydroxylation sites is 1. The number of ether oxygens (including phenoxy) is 1. The highest BCUT2D eigenvalue weighted by Crippen LogP contribution is 2.29. The summed E-state index contributed by atoms with van der Waals surface area (Å²) in [4.78, 5) is 27.3. The number of nitrogens with one attached hydrogen (secondary N) is 2. The number of hydrogen-bond acceptors (Lipinski definition) is 7. The van der Waals surface area contributed by atoms with Crippen molar-refractivity contribution in [2.45, 2.75) is 33.7 Å². The molecule has 1 aromatic heterocycles. The SMILES string of the molecule is Cc1cccc(C)c1NC(=O)c1cnc(Nc2ccc(N3CCN(C(C)C)CC3)cc2)nc1Oc1ccc(Cl)cc1. The zero-order chi connectivity index (χ0) is 28.9. The quantitative estimate of drug-likeness (QED) is 0.234. The third-order valence-corrected chi connectivity index (χ3v) is 7.53. The van der Waals surface area contributed by atoms with Gasteiger partial charge in [-0.05, 0) is 87.4 Å². The molecular formula is C32H35ClN6O2. The summed E-state index contributed by atoms with van der Waals surface area (Å²) in [5, 5.41) is 6.82. The van der Waals surface area contributed by atoms with Gasteiger partial charge in [-0.2, -0.15) is 4.98 Å². The van der Waals surface area contributed by atoms with Crippen LogP contribution in [0, 0.1) is 13.8 Å². The second-order valence-corrected chi connectivity index (χ2v) is 10.9. The molecular weight excluding hydrogens is 536 g/mol. The summed E-state index contributed by atoms with van der Waals surface area (Å²) in [7, 11) is 0. The largest absolute Gasteiger partial charge is 0.438 e. The van der Waals surface area contributed by atoms with Crippen molar-refractivity contribution in [3.63, 3.8) is 0 Å². The fourth-order valence-corrected chi connectivity index (χ4v) is 4.97. The standard InChI is InChI=1S/C32H35ClN6O2/c1-21(2)38-16-18-39(19-17-38)26-12-10-25(11-13-26)35-32-34-20-28(30(40)36-29-22(3)6-5-7-23(29)4)31(37-32)41-27-14-8-24(33)9-15-27/h5-15,20-21H,16-19H2,1-4H3,(H,36,40)(H,34,35,37). The van der Waals surface area contributed by atoms with Crippen LogP contribution < -0.4 is 20.3 Å². The van der Waals surface area contributed by atoms with Gasteiger partial charge in [-0.15, -0.1) is 0 Å². The van der Waals surface area contributed by atoms with Crippen LogP contribution in [-0.2, 0) is 0 Å². The van der Waals surface area contributed by atoms with Crippen LogP contribution in [0.25, 0.3) is 0 Å². The number of amides is 1. The highest BCUT2D eigenvalue weighted by molar-refractivity contribution is 6.30. The summed E-state index contributed by atoms with van der Waals surface area (Å²) in [5.74, 6) is 0.589. The number of benzene rings is 3. The van der Waals surface area contributed by atoms with Crippen LogP contribution in [0.3, 0.4) is 0 Å². The Kier molecular flexibility index (Phi) is 8.71. The molecule has 5 rings (SSSR count). The third kappa shape index (κ3) is 6.96. The van der Waals surface area contributed by atoms with Gasteiger partial charge in [-0.25, -0.2) is 4.98 Å². The molecule has 0 radical (unpaired) electrons. The zero-order valence-corrected chi connectivity index (χ0v) is 24.6. The Labute approximate surface area is 246 Å². The zero-order valence-electron chi connectivity index (χ0n) is 23.8. The first kappa shape index (κ1) is 28.4. The summed E-state index contributed by atoms with van der Waals surface area (Å²) >= 11 is 6.05. The monoisotopic (exact) mass is 570 g/mol. The lowest BCUT2D eigenvalue weighted by Crippen LogP contribution is -2.48. The lowest BCUT2D eigenvalue weighted by atomic mass is 10.1. The van der Waals surface area contributed by atoms with Gasteiger partial charge in [0, 0.05) is 60.5 Å². The van der Waals surface area contributed by atoms with Gasteiger partial charge in [0.05, 0.1) is 0 Å². The van der Waals surface area contributed by atoms with Crippen molar-refractivity contribution in [3.8, 4) is 11.6 Å². The van der Waals surface area contributed by atoms with E-state index in [1.807, 2.05) is 44.2 Å². The molecule has 0 spiro atoms. The van der Waals surface area contributed by atoms with Gasteiger partial charge in [0.2, 0.25) is 11.8 Å². The predicted molar refractivity (Wildman–Crippen MR) is 166 cm³/mol. The lowest BCUT2D eigenvalue weighted by molar-refractivity contribution is 0.102. The Bertz CT molecular complexity index is 1480. The van der Waals surface area contributed by atoms with E-state index < -0.39 is 0 Å². The Morgan fingerprint density at radius 2 is 1.59 bits per heavy atom. The molecule has 4 aromatic rings. The molecule has 1 amide bonds. The van der Waals surface area contributed by atoms with Gasteiger partial charge in [-0.1, -0.05) is 29.8 Å². The van der Waals surface area contributed by atoms with Gasteiger partial charge >= 0.3 is 0 Å². The Morgan fingerprint density at radius 3 is 2.22 bits per heavy atom. The molecule has 9 heteroatoms. The Morgan fingerprint density at radius 1 is 0.927 bits per heavy atom. The van der Waals surface area contributed by atoms with Crippen molar-refractivity contribution in [1.29, 1.82) is 0 Å². The number of aryl methyl sites for hydroxylation is 2. The van der Waals surface area contributed by atoms with E-state index in [1.165, 1.54) is 11.9 Å².